The number of rotatable bonds is 4. The number of nitrogens with zero attached hydrogens (tertiary/aromatic N) is 2. The van der Waals surface area contributed by atoms with Gasteiger partial charge in [-0.1, -0.05) is 32.9 Å². The van der Waals surface area contributed by atoms with Gasteiger partial charge in [-0.25, -0.2) is 4.98 Å². The van der Waals surface area contributed by atoms with Crippen LogP contribution in [0.5, 0.6) is 0 Å². The van der Waals surface area contributed by atoms with Crippen molar-refractivity contribution in [3.8, 4) is 0 Å². The van der Waals surface area contributed by atoms with Gasteiger partial charge in [0.05, 0.1) is 18.6 Å². The van der Waals surface area contributed by atoms with E-state index in [4.69, 9.17) is 0 Å². The predicted molar refractivity (Wildman–Crippen MR) is 83.0 cm³/mol. The zero-order chi connectivity index (χ0) is 14.2. The zero-order valence-electron chi connectivity index (χ0n) is 12.6. The highest BCUT2D eigenvalue weighted by Gasteiger charge is 2.24. The maximum Gasteiger partial charge on any atom is 0.0951 e. The fourth-order valence-corrected chi connectivity index (χ4v) is 2.43. The molecule has 0 saturated heterocycles. The Morgan fingerprint density at radius 1 is 1.20 bits per heavy atom. The summed E-state index contributed by atoms with van der Waals surface area (Å²) in [7, 11) is 0. The maximum atomic E-state index is 4.27. The van der Waals surface area contributed by atoms with E-state index >= 15 is 0 Å². The first-order valence-electron chi connectivity index (χ1n) is 7.39. The Bertz CT molecular complexity index is 571. The normalized spacial score (nSPS) is 15.3. The lowest BCUT2D eigenvalue weighted by atomic mass is 9.87. The monoisotopic (exact) mass is 269 g/mol. The van der Waals surface area contributed by atoms with Gasteiger partial charge in [0.2, 0.25) is 0 Å². The average Bonchev–Trinajstić information content (AvgIpc) is 3.15. The van der Waals surface area contributed by atoms with E-state index in [1.54, 1.807) is 0 Å². The van der Waals surface area contributed by atoms with E-state index in [9.17, 15) is 0 Å². The molecule has 1 heterocycles. The lowest BCUT2D eigenvalue weighted by Gasteiger charge is -2.19. The molecule has 0 unspecified atom stereocenters. The molecule has 1 aliphatic carbocycles. The summed E-state index contributed by atoms with van der Waals surface area (Å²) in [5.74, 6) is 0. The highest BCUT2D eigenvalue weighted by Crippen LogP contribution is 2.35. The molecule has 0 radical (unpaired) electrons. The Kier molecular flexibility index (Phi) is 3.28. The number of hydrogen-bond donors (Lipinski definition) is 1. The van der Waals surface area contributed by atoms with Crippen molar-refractivity contribution in [2.45, 2.75) is 51.6 Å². The Balaban J connectivity index is 1.65. The minimum absolute atomic E-state index is 0.211. The molecule has 20 heavy (non-hydrogen) atoms. The summed E-state index contributed by atoms with van der Waals surface area (Å²) in [5.41, 5.74) is 4.02. The van der Waals surface area contributed by atoms with Gasteiger partial charge in [0.15, 0.2) is 0 Å². The molecule has 1 saturated carbocycles. The Hall–Kier alpha value is -1.77. The van der Waals surface area contributed by atoms with Gasteiger partial charge in [0.1, 0.15) is 0 Å². The fraction of sp³-hybridized carbons (Fsp3) is 0.471. The van der Waals surface area contributed by atoms with Crippen LogP contribution in [0, 0.1) is 0 Å². The highest BCUT2D eigenvalue weighted by atomic mass is 15.1. The van der Waals surface area contributed by atoms with E-state index in [0.29, 0.717) is 6.04 Å². The summed E-state index contributed by atoms with van der Waals surface area (Å²) >= 11 is 0. The molecule has 1 aliphatic rings. The Morgan fingerprint density at radius 2 is 1.90 bits per heavy atom. The lowest BCUT2D eigenvalue weighted by Crippen LogP contribution is -2.11. The minimum Gasteiger partial charge on any atom is -0.379 e. The van der Waals surface area contributed by atoms with Crippen LogP contribution >= 0.6 is 0 Å². The van der Waals surface area contributed by atoms with Gasteiger partial charge in [-0.2, -0.15) is 0 Å². The van der Waals surface area contributed by atoms with Crippen LogP contribution in [0.4, 0.5) is 5.69 Å². The fourth-order valence-electron chi connectivity index (χ4n) is 2.43. The van der Waals surface area contributed by atoms with Crippen LogP contribution < -0.4 is 5.32 Å². The van der Waals surface area contributed by atoms with Crippen molar-refractivity contribution in [1.82, 2.24) is 9.55 Å². The number of anilines is 1. The van der Waals surface area contributed by atoms with Crippen molar-refractivity contribution in [3.05, 3.63) is 48.0 Å². The summed E-state index contributed by atoms with van der Waals surface area (Å²) in [5, 5.41) is 3.49. The number of aromatic nitrogens is 2. The highest BCUT2D eigenvalue weighted by molar-refractivity contribution is 5.46. The third-order valence-corrected chi connectivity index (χ3v) is 3.91. The molecule has 3 heteroatoms. The standard InChI is InChI=1S/C17H23N3/c1-17(2,3)13-4-6-14(7-5-13)19-11-16-10-18-12-20(16)15-8-9-15/h4-7,10,12,15,19H,8-9,11H2,1-3H3. The average molecular weight is 269 g/mol. The van der Waals surface area contributed by atoms with E-state index in [1.165, 1.54) is 29.8 Å². The Morgan fingerprint density at radius 3 is 2.50 bits per heavy atom. The van der Waals surface area contributed by atoms with Crippen LogP contribution in [-0.2, 0) is 12.0 Å². The van der Waals surface area contributed by atoms with E-state index in [1.807, 2.05) is 12.5 Å². The second-order valence-corrected chi connectivity index (χ2v) is 6.70. The molecular formula is C17H23N3. The maximum absolute atomic E-state index is 4.27. The van der Waals surface area contributed by atoms with Crippen LogP contribution in [0.3, 0.4) is 0 Å². The molecule has 3 nitrogen and oxygen atoms in total. The first kappa shape index (κ1) is 13.2. The van der Waals surface area contributed by atoms with Crippen LogP contribution in [0.15, 0.2) is 36.8 Å². The second kappa shape index (κ2) is 4.97. The number of nitrogens with one attached hydrogen (secondary N) is 1. The molecule has 3 rings (SSSR count). The van der Waals surface area contributed by atoms with Crippen molar-refractivity contribution < 1.29 is 0 Å². The van der Waals surface area contributed by atoms with Crippen LogP contribution in [0.25, 0.3) is 0 Å². The molecule has 1 N–H and O–H groups in total. The van der Waals surface area contributed by atoms with Crippen molar-refractivity contribution in [2.24, 2.45) is 0 Å². The summed E-state index contributed by atoms with van der Waals surface area (Å²) in [6, 6.07) is 9.44. The minimum atomic E-state index is 0.211. The number of hydrogen-bond acceptors (Lipinski definition) is 2. The smallest absolute Gasteiger partial charge is 0.0951 e. The molecule has 0 aliphatic heterocycles. The molecule has 106 valence electrons. The molecule has 1 fully saturated rings. The van der Waals surface area contributed by atoms with Gasteiger partial charge in [0.25, 0.3) is 0 Å². The molecule has 0 amide bonds. The predicted octanol–water partition coefficient (Wildman–Crippen LogP) is 4.13. The summed E-state index contributed by atoms with van der Waals surface area (Å²) in [4.78, 5) is 4.27. The van der Waals surface area contributed by atoms with E-state index < -0.39 is 0 Å². The molecule has 0 atom stereocenters. The van der Waals surface area contributed by atoms with Crippen molar-refractivity contribution in [2.75, 3.05) is 5.32 Å². The zero-order valence-corrected chi connectivity index (χ0v) is 12.6. The van der Waals surface area contributed by atoms with Gasteiger partial charge in [0, 0.05) is 17.9 Å². The van der Waals surface area contributed by atoms with Gasteiger partial charge >= 0.3 is 0 Å². The second-order valence-electron chi connectivity index (χ2n) is 6.70. The summed E-state index contributed by atoms with van der Waals surface area (Å²) in [6.07, 6.45) is 6.51. The van der Waals surface area contributed by atoms with Crippen molar-refractivity contribution in [1.29, 1.82) is 0 Å². The van der Waals surface area contributed by atoms with Crippen molar-refractivity contribution in [3.63, 3.8) is 0 Å². The SMILES string of the molecule is CC(C)(C)c1ccc(NCc2cncn2C2CC2)cc1. The molecule has 2 aromatic rings. The quantitative estimate of drug-likeness (QED) is 0.904. The van der Waals surface area contributed by atoms with Crippen molar-refractivity contribution >= 4 is 5.69 Å². The van der Waals surface area contributed by atoms with E-state index in [0.717, 1.165) is 6.54 Å². The van der Waals surface area contributed by atoms with E-state index in [-0.39, 0.29) is 5.41 Å². The third-order valence-electron chi connectivity index (χ3n) is 3.91. The molecule has 1 aromatic carbocycles. The van der Waals surface area contributed by atoms with Gasteiger partial charge in [-0.15, -0.1) is 0 Å². The van der Waals surface area contributed by atoms with Gasteiger partial charge in [-0.3, -0.25) is 0 Å². The van der Waals surface area contributed by atoms with Crippen LogP contribution in [-0.4, -0.2) is 9.55 Å². The largest absolute Gasteiger partial charge is 0.379 e. The Labute approximate surface area is 121 Å². The first-order chi connectivity index (χ1) is 9.54. The third kappa shape index (κ3) is 2.87. The molecule has 0 bridgehead atoms. The first-order valence-corrected chi connectivity index (χ1v) is 7.39. The number of benzene rings is 1. The van der Waals surface area contributed by atoms with Gasteiger partial charge in [-0.05, 0) is 36.0 Å². The number of imidazole rings is 1. The van der Waals surface area contributed by atoms with Crippen LogP contribution in [0.2, 0.25) is 0 Å². The van der Waals surface area contributed by atoms with Crippen LogP contribution in [0.1, 0.15) is 50.9 Å². The summed E-state index contributed by atoms with van der Waals surface area (Å²) in [6.45, 7) is 7.56. The lowest BCUT2D eigenvalue weighted by molar-refractivity contribution is 0.590. The molecular weight excluding hydrogens is 246 g/mol. The van der Waals surface area contributed by atoms with Gasteiger partial charge < -0.3 is 9.88 Å². The molecule has 1 aromatic heterocycles. The molecule has 0 spiro atoms. The topological polar surface area (TPSA) is 29.9 Å². The van der Waals surface area contributed by atoms with E-state index in [2.05, 4.69) is 59.9 Å². The summed E-state index contributed by atoms with van der Waals surface area (Å²) < 4.78 is 2.30.